The number of imidazole rings is 1. The summed E-state index contributed by atoms with van der Waals surface area (Å²) in [6, 6.07) is 7.39. The number of fused-ring (bicyclic) bond motifs is 1. The zero-order valence-electron chi connectivity index (χ0n) is 18.3. The lowest BCUT2D eigenvalue weighted by Gasteiger charge is -2.08. The Bertz CT molecular complexity index is 1080. The van der Waals surface area contributed by atoms with E-state index in [0.717, 1.165) is 52.7 Å². The van der Waals surface area contributed by atoms with Crippen LogP contribution in [0.3, 0.4) is 0 Å². The molecule has 3 aromatic rings. The molecule has 160 valence electrons. The predicted molar refractivity (Wildman–Crippen MR) is 121 cm³/mol. The number of esters is 1. The van der Waals surface area contributed by atoms with Gasteiger partial charge in [0.25, 0.3) is 0 Å². The zero-order valence-corrected chi connectivity index (χ0v) is 19.1. The van der Waals surface area contributed by atoms with Crippen LogP contribution in [0.15, 0.2) is 29.4 Å². The SMILES string of the molecule is CCCn1c(C)cc(C(=O)CSc2nc3cc(C(=O)OCC)ccc3n2CC)c1C. The molecule has 6 nitrogen and oxygen atoms in total. The molecule has 0 saturated carbocycles. The van der Waals surface area contributed by atoms with Crippen LogP contribution in [0.5, 0.6) is 0 Å². The largest absolute Gasteiger partial charge is 0.462 e. The van der Waals surface area contributed by atoms with Gasteiger partial charge in [-0.15, -0.1) is 0 Å². The number of ether oxygens (including phenoxy) is 1. The minimum absolute atomic E-state index is 0.109. The highest BCUT2D eigenvalue weighted by Gasteiger charge is 2.18. The lowest BCUT2D eigenvalue weighted by atomic mass is 10.2. The molecule has 30 heavy (non-hydrogen) atoms. The van der Waals surface area contributed by atoms with Gasteiger partial charge in [0.1, 0.15) is 0 Å². The maximum atomic E-state index is 12.9. The summed E-state index contributed by atoms with van der Waals surface area (Å²) in [5.41, 5.74) is 5.11. The third-order valence-electron chi connectivity index (χ3n) is 5.19. The van der Waals surface area contributed by atoms with Gasteiger partial charge in [0.05, 0.1) is 29.0 Å². The third-order valence-corrected chi connectivity index (χ3v) is 6.17. The molecule has 3 rings (SSSR count). The van der Waals surface area contributed by atoms with E-state index in [9.17, 15) is 9.59 Å². The van der Waals surface area contributed by atoms with E-state index in [1.54, 1.807) is 19.1 Å². The Morgan fingerprint density at radius 1 is 1.10 bits per heavy atom. The van der Waals surface area contributed by atoms with E-state index in [-0.39, 0.29) is 11.8 Å². The number of carbonyl (C=O) groups excluding carboxylic acids is 2. The topological polar surface area (TPSA) is 66.1 Å². The fourth-order valence-corrected chi connectivity index (χ4v) is 4.69. The van der Waals surface area contributed by atoms with Gasteiger partial charge in [-0.2, -0.15) is 0 Å². The maximum Gasteiger partial charge on any atom is 0.338 e. The van der Waals surface area contributed by atoms with Crippen molar-refractivity contribution in [3.05, 3.63) is 46.8 Å². The first-order valence-corrected chi connectivity index (χ1v) is 11.4. The van der Waals surface area contributed by atoms with Crippen molar-refractivity contribution in [2.45, 2.75) is 59.3 Å². The van der Waals surface area contributed by atoms with Crippen LogP contribution in [0, 0.1) is 13.8 Å². The quantitative estimate of drug-likeness (QED) is 0.272. The Morgan fingerprint density at radius 2 is 1.87 bits per heavy atom. The molecule has 1 aromatic carbocycles. The number of hydrogen-bond acceptors (Lipinski definition) is 5. The van der Waals surface area contributed by atoms with E-state index in [2.05, 4.69) is 21.0 Å². The fourth-order valence-electron chi connectivity index (χ4n) is 3.72. The minimum Gasteiger partial charge on any atom is -0.462 e. The highest BCUT2D eigenvalue weighted by Crippen LogP contribution is 2.27. The molecule has 0 saturated heterocycles. The van der Waals surface area contributed by atoms with Crippen molar-refractivity contribution >= 4 is 34.5 Å². The normalized spacial score (nSPS) is 11.2. The van der Waals surface area contributed by atoms with Gasteiger partial charge in [0, 0.05) is 30.0 Å². The van der Waals surface area contributed by atoms with E-state index >= 15 is 0 Å². The summed E-state index contributed by atoms with van der Waals surface area (Å²) < 4.78 is 9.36. The van der Waals surface area contributed by atoms with Gasteiger partial charge >= 0.3 is 5.97 Å². The first-order valence-electron chi connectivity index (χ1n) is 10.4. The van der Waals surface area contributed by atoms with Crippen molar-refractivity contribution in [1.29, 1.82) is 0 Å². The lowest BCUT2D eigenvalue weighted by Crippen LogP contribution is -2.07. The number of aryl methyl sites for hydroxylation is 2. The Balaban J connectivity index is 1.82. The average molecular weight is 428 g/mol. The van der Waals surface area contributed by atoms with E-state index in [1.807, 2.05) is 32.9 Å². The summed E-state index contributed by atoms with van der Waals surface area (Å²) in [7, 11) is 0. The predicted octanol–water partition coefficient (Wildman–Crippen LogP) is 5.04. The van der Waals surface area contributed by atoms with Crippen molar-refractivity contribution in [1.82, 2.24) is 14.1 Å². The monoisotopic (exact) mass is 427 g/mol. The number of aromatic nitrogens is 3. The summed E-state index contributed by atoms with van der Waals surface area (Å²) in [6.07, 6.45) is 1.03. The molecule has 0 amide bonds. The smallest absolute Gasteiger partial charge is 0.338 e. The molecule has 0 aliphatic rings. The second kappa shape index (κ2) is 9.51. The van der Waals surface area contributed by atoms with Gasteiger partial charge in [-0.05, 0) is 58.4 Å². The number of carbonyl (C=O) groups is 2. The summed E-state index contributed by atoms with van der Waals surface area (Å²) in [6.45, 7) is 12.0. The summed E-state index contributed by atoms with van der Waals surface area (Å²) in [5.74, 6) is 0.0828. The van der Waals surface area contributed by atoms with Crippen molar-refractivity contribution < 1.29 is 14.3 Å². The molecular weight excluding hydrogens is 398 g/mol. The van der Waals surface area contributed by atoms with Crippen LogP contribution in [0.25, 0.3) is 11.0 Å². The number of ketones is 1. The lowest BCUT2D eigenvalue weighted by molar-refractivity contribution is 0.0526. The number of benzene rings is 1. The van der Waals surface area contributed by atoms with Crippen molar-refractivity contribution in [3.63, 3.8) is 0 Å². The molecule has 0 radical (unpaired) electrons. The van der Waals surface area contributed by atoms with E-state index in [4.69, 9.17) is 4.74 Å². The molecule has 2 heterocycles. The third kappa shape index (κ3) is 4.31. The number of nitrogens with zero attached hydrogens (tertiary/aromatic N) is 3. The van der Waals surface area contributed by atoms with E-state index in [0.29, 0.717) is 17.9 Å². The number of Topliss-reactive ketones (excluding diaryl/α,β-unsaturated/α-hetero) is 1. The maximum absolute atomic E-state index is 12.9. The van der Waals surface area contributed by atoms with Crippen LogP contribution in [0.2, 0.25) is 0 Å². The molecule has 0 aliphatic carbocycles. The van der Waals surface area contributed by atoms with Gasteiger partial charge < -0.3 is 13.9 Å². The van der Waals surface area contributed by atoms with Crippen molar-refractivity contribution in [2.75, 3.05) is 12.4 Å². The Hall–Kier alpha value is -2.54. The number of thioether (sulfide) groups is 1. The molecule has 2 aromatic heterocycles. The van der Waals surface area contributed by atoms with Gasteiger partial charge in [0.2, 0.25) is 0 Å². The van der Waals surface area contributed by atoms with Crippen LogP contribution in [-0.2, 0) is 17.8 Å². The fraction of sp³-hybridized carbons (Fsp3) is 0.435. The highest BCUT2D eigenvalue weighted by molar-refractivity contribution is 7.99. The molecular formula is C23H29N3O3S. The molecule has 0 bridgehead atoms. The van der Waals surface area contributed by atoms with E-state index < -0.39 is 0 Å². The second-order valence-electron chi connectivity index (χ2n) is 7.21. The number of rotatable bonds is 9. The van der Waals surface area contributed by atoms with Crippen molar-refractivity contribution in [2.24, 2.45) is 0 Å². The van der Waals surface area contributed by atoms with Gasteiger partial charge in [-0.25, -0.2) is 9.78 Å². The Labute approximate surface area is 181 Å². The highest BCUT2D eigenvalue weighted by atomic mass is 32.2. The van der Waals surface area contributed by atoms with E-state index in [1.165, 1.54) is 11.8 Å². The van der Waals surface area contributed by atoms with Crippen LogP contribution in [0.1, 0.15) is 59.3 Å². The molecule has 0 fully saturated rings. The molecule has 0 atom stereocenters. The summed E-state index contributed by atoms with van der Waals surface area (Å²) in [5, 5.41) is 0.782. The van der Waals surface area contributed by atoms with Gasteiger partial charge in [-0.1, -0.05) is 18.7 Å². The zero-order chi connectivity index (χ0) is 21.8. The standard InChI is InChI=1S/C23H29N3O3S/c1-6-11-26-15(4)12-18(16(26)5)21(27)14-30-23-24-19-13-17(22(28)29-8-3)9-10-20(19)25(23)7-2/h9-10,12-13H,6-8,11,14H2,1-5H3. The van der Waals surface area contributed by atoms with Crippen LogP contribution >= 0.6 is 11.8 Å². The first kappa shape index (κ1) is 22.2. The molecule has 0 spiro atoms. The molecule has 0 aliphatic heterocycles. The Morgan fingerprint density at radius 3 is 2.53 bits per heavy atom. The van der Waals surface area contributed by atoms with Crippen LogP contribution in [0.4, 0.5) is 0 Å². The Kier molecular flexibility index (Phi) is 7.02. The second-order valence-corrected chi connectivity index (χ2v) is 8.15. The van der Waals surface area contributed by atoms with Gasteiger partial charge in [-0.3, -0.25) is 4.79 Å². The average Bonchev–Trinajstić information content (AvgIpc) is 3.23. The minimum atomic E-state index is -0.350. The number of hydrogen-bond donors (Lipinski definition) is 0. The molecule has 0 unspecified atom stereocenters. The summed E-state index contributed by atoms with van der Waals surface area (Å²) >= 11 is 1.44. The van der Waals surface area contributed by atoms with Crippen LogP contribution in [-0.4, -0.2) is 38.2 Å². The van der Waals surface area contributed by atoms with Crippen LogP contribution < -0.4 is 0 Å². The summed E-state index contributed by atoms with van der Waals surface area (Å²) in [4.78, 5) is 29.6. The molecule has 0 N–H and O–H groups in total. The molecule has 7 heteroatoms. The first-order chi connectivity index (χ1) is 14.4. The van der Waals surface area contributed by atoms with Gasteiger partial charge in [0.15, 0.2) is 10.9 Å². The van der Waals surface area contributed by atoms with Crippen molar-refractivity contribution in [3.8, 4) is 0 Å².